The van der Waals surface area contributed by atoms with Crippen molar-refractivity contribution in [2.45, 2.75) is 32.1 Å². The zero-order valence-corrected chi connectivity index (χ0v) is 8.70. The highest BCUT2D eigenvalue weighted by atomic mass is 16.7. The Labute approximate surface area is 88.7 Å². The minimum atomic E-state index is -0.449. The molecule has 1 heterocycles. The van der Waals surface area contributed by atoms with Crippen LogP contribution in [0.4, 0.5) is 0 Å². The first-order valence-electron chi connectivity index (χ1n) is 5.17. The molecule has 1 saturated heterocycles. The monoisotopic (exact) mass is 215 g/mol. The number of hydrazine groups is 1. The molecule has 0 saturated carbocycles. The van der Waals surface area contributed by atoms with Crippen LogP contribution >= 0.6 is 0 Å². The van der Waals surface area contributed by atoms with Gasteiger partial charge in [-0.2, -0.15) is 0 Å². The molecule has 0 atom stereocenters. The molecule has 1 fully saturated rings. The second-order valence-electron chi connectivity index (χ2n) is 3.53. The van der Waals surface area contributed by atoms with E-state index in [1.165, 1.54) is 0 Å². The number of nitrogens with two attached hydrogens (primary N) is 1. The van der Waals surface area contributed by atoms with Gasteiger partial charge in [-0.05, 0) is 12.8 Å². The van der Waals surface area contributed by atoms with Gasteiger partial charge in [-0.3, -0.25) is 9.59 Å². The van der Waals surface area contributed by atoms with Crippen LogP contribution in [0.2, 0.25) is 0 Å². The largest absolute Gasteiger partial charge is 0.356 e. The fourth-order valence-corrected chi connectivity index (χ4v) is 1.62. The number of hydrogen-bond acceptors (Lipinski definition) is 5. The summed E-state index contributed by atoms with van der Waals surface area (Å²) in [6, 6.07) is 0. The molecule has 15 heavy (non-hydrogen) atoms. The van der Waals surface area contributed by atoms with Crippen molar-refractivity contribution in [3.63, 3.8) is 0 Å². The van der Waals surface area contributed by atoms with Crippen molar-refractivity contribution in [2.75, 3.05) is 13.1 Å². The Morgan fingerprint density at radius 3 is 3.00 bits per heavy atom. The number of amides is 1. The first kappa shape index (κ1) is 11.9. The average molecular weight is 215 g/mol. The summed E-state index contributed by atoms with van der Waals surface area (Å²) in [6.45, 7) is 1.15. The van der Waals surface area contributed by atoms with E-state index in [4.69, 9.17) is 5.84 Å². The van der Waals surface area contributed by atoms with Crippen LogP contribution in [-0.2, 0) is 14.4 Å². The highest BCUT2D eigenvalue weighted by Gasteiger charge is 2.17. The third-order valence-electron chi connectivity index (χ3n) is 2.43. The predicted octanol–water partition coefficient (Wildman–Crippen LogP) is -0.299. The topological polar surface area (TPSA) is 84.7 Å². The van der Waals surface area contributed by atoms with Gasteiger partial charge in [0.1, 0.15) is 0 Å². The lowest BCUT2D eigenvalue weighted by molar-refractivity contribution is -0.151. The van der Waals surface area contributed by atoms with Gasteiger partial charge in [0.25, 0.3) is 0 Å². The maximum absolute atomic E-state index is 11.5. The van der Waals surface area contributed by atoms with Crippen molar-refractivity contribution in [2.24, 2.45) is 5.84 Å². The number of carbonyl (C=O) groups excluding carboxylic acids is 2. The lowest BCUT2D eigenvalue weighted by Gasteiger charge is -2.19. The number of nitrogens with one attached hydrogen (secondary N) is 1. The number of rotatable bonds is 4. The van der Waals surface area contributed by atoms with E-state index in [2.05, 4.69) is 4.84 Å². The summed E-state index contributed by atoms with van der Waals surface area (Å²) in [6.07, 6.45) is 3.80. The van der Waals surface area contributed by atoms with Gasteiger partial charge in [-0.1, -0.05) is 12.0 Å². The fourth-order valence-electron chi connectivity index (χ4n) is 1.62. The average Bonchev–Trinajstić information content (AvgIpc) is 2.41. The second-order valence-corrected chi connectivity index (χ2v) is 3.53. The van der Waals surface area contributed by atoms with Crippen LogP contribution in [0.3, 0.4) is 0 Å². The number of nitrogens with zero attached hydrogens (tertiary/aromatic N) is 1. The normalized spacial score (nSPS) is 17.4. The quantitative estimate of drug-likeness (QED) is 0.497. The molecule has 0 aromatic heterocycles. The van der Waals surface area contributed by atoms with Crippen LogP contribution in [0.5, 0.6) is 0 Å². The number of carbonyl (C=O) groups is 2. The first-order valence-corrected chi connectivity index (χ1v) is 5.17. The van der Waals surface area contributed by atoms with Crippen LogP contribution in [0, 0.1) is 0 Å². The van der Waals surface area contributed by atoms with E-state index in [0.717, 1.165) is 25.8 Å². The van der Waals surface area contributed by atoms with Crippen molar-refractivity contribution < 1.29 is 14.4 Å². The molecule has 0 spiro atoms. The molecular weight excluding hydrogens is 198 g/mol. The molecule has 1 rings (SSSR count). The van der Waals surface area contributed by atoms with E-state index in [1.807, 2.05) is 5.59 Å². The SMILES string of the molecule is NNOC(=O)CCN1CCCCCC1=O. The van der Waals surface area contributed by atoms with Crippen LogP contribution in [0.15, 0.2) is 0 Å². The molecule has 0 aromatic rings. The molecule has 0 bridgehead atoms. The van der Waals surface area contributed by atoms with Gasteiger partial charge >= 0.3 is 5.97 Å². The summed E-state index contributed by atoms with van der Waals surface area (Å²) in [4.78, 5) is 28.6. The van der Waals surface area contributed by atoms with E-state index in [0.29, 0.717) is 13.0 Å². The number of hydrogen-bond donors (Lipinski definition) is 2. The van der Waals surface area contributed by atoms with Crippen molar-refractivity contribution in [3.05, 3.63) is 0 Å². The molecule has 3 N–H and O–H groups in total. The van der Waals surface area contributed by atoms with E-state index in [9.17, 15) is 9.59 Å². The third-order valence-corrected chi connectivity index (χ3v) is 2.43. The van der Waals surface area contributed by atoms with Crippen molar-refractivity contribution in [3.8, 4) is 0 Å². The molecule has 1 aliphatic rings. The standard InChI is InChI=1S/C9H17N3O3/c10-11-15-9(14)5-7-12-6-3-1-2-4-8(12)13/h11H,1-7,10H2. The molecule has 0 aromatic carbocycles. The number of likely N-dealkylation sites (tertiary alicyclic amines) is 1. The van der Waals surface area contributed by atoms with Crippen molar-refractivity contribution >= 4 is 11.9 Å². The summed E-state index contributed by atoms with van der Waals surface area (Å²) in [5.41, 5.74) is 1.83. The minimum absolute atomic E-state index is 0.126. The summed E-state index contributed by atoms with van der Waals surface area (Å²) in [5, 5.41) is 0. The van der Waals surface area contributed by atoms with E-state index in [-0.39, 0.29) is 12.3 Å². The fraction of sp³-hybridized carbons (Fsp3) is 0.778. The highest BCUT2D eigenvalue weighted by molar-refractivity contribution is 5.77. The van der Waals surface area contributed by atoms with Crippen molar-refractivity contribution in [1.29, 1.82) is 0 Å². The molecule has 0 aliphatic carbocycles. The smallest absolute Gasteiger partial charge is 0.328 e. The van der Waals surface area contributed by atoms with Crippen LogP contribution in [-0.4, -0.2) is 29.9 Å². The highest BCUT2D eigenvalue weighted by Crippen LogP contribution is 2.11. The lowest BCUT2D eigenvalue weighted by Crippen LogP contribution is -2.34. The Hall–Kier alpha value is -1.14. The minimum Gasteiger partial charge on any atom is -0.356 e. The van der Waals surface area contributed by atoms with E-state index < -0.39 is 5.97 Å². The molecule has 0 unspecified atom stereocenters. The van der Waals surface area contributed by atoms with Crippen LogP contribution in [0.25, 0.3) is 0 Å². The second kappa shape index (κ2) is 6.36. The summed E-state index contributed by atoms with van der Waals surface area (Å²) >= 11 is 0. The Balaban J connectivity index is 2.29. The molecule has 0 radical (unpaired) electrons. The lowest BCUT2D eigenvalue weighted by atomic mass is 10.2. The predicted molar refractivity (Wildman–Crippen MR) is 53.1 cm³/mol. The van der Waals surface area contributed by atoms with Gasteiger partial charge < -0.3 is 9.74 Å². The van der Waals surface area contributed by atoms with Gasteiger partial charge in [-0.25, -0.2) is 5.84 Å². The summed E-state index contributed by atoms with van der Waals surface area (Å²) < 4.78 is 0. The van der Waals surface area contributed by atoms with Crippen LogP contribution in [0.1, 0.15) is 32.1 Å². The maximum Gasteiger partial charge on any atom is 0.328 e. The van der Waals surface area contributed by atoms with Gasteiger partial charge in [0.05, 0.1) is 6.42 Å². The van der Waals surface area contributed by atoms with E-state index >= 15 is 0 Å². The molecule has 1 aliphatic heterocycles. The first-order chi connectivity index (χ1) is 7.24. The Kier molecular flexibility index (Phi) is 5.06. The van der Waals surface area contributed by atoms with Gasteiger partial charge in [0, 0.05) is 19.5 Å². The molecule has 6 heteroatoms. The summed E-state index contributed by atoms with van der Waals surface area (Å²) in [7, 11) is 0. The molecule has 86 valence electrons. The zero-order chi connectivity index (χ0) is 11.1. The Morgan fingerprint density at radius 1 is 1.47 bits per heavy atom. The molecule has 1 amide bonds. The third kappa shape index (κ3) is 4.26. The zero-order valence-electron chi connectivity index (χ0n) is 8.70. The summed E-state index contributed by atoms with van der Waals surface area (Å²) in [5.74, 6) is 4.49. The molecule has 6 nitrogen and oxygen atoms in total. The Morgan fingerprint density at radius 2 is 2.27 bits per heavy atom. The van der Waals surface area contributed by atoms with E-state index in [1.54, 1.807) is 4.90 Å². The van der Waals surface area contributed by atoms with Gasteiger partial charge in [0.15, 0.2) is 0 Å². The van der Waals surface area contributed by atoms with Crippen molar-refractivity contribution in [1.82, 2.24) is 10.5 Å². The van der Waals surface area contributed by atoms with Gasteiger partial charge in [0.2, 0.25) is 5.91 Å². The maximum atomic E-state index is 11.5. The Bertz CT molecular complexity index is 233. The van der Waals surface area contributed by atoms with Gasteiger partial charge in [-0.15, -0.1) is 0 Å². The van der Waals surface area contributed by atoms with Crippen LogP contribution < -0.4 is 11.4 Å². The molecular formula is C9H17N3O3.